The fourth-order valence-electron chi connectivity index (χ4n) is 3.81. The van der Waals surface area contributed by atoms with E-state index in [0.29, 0.717) is 17.9 Å². The fraction of sp³-hybridized carbons (Fsp3) is 0.609. The molecule has 7 nitrogen and oxygen atoms in total. The van der Waals surface area contributed by atoms with Gasteiger partial charge in [0.25, 0.3) is 11.8 Å². The Hall–Kier alpha value is -2.57. The van der Waals surface area contributed by atoms with E-state index in [9.17, 15) is 14.4 Å². The third kappa shape index (κ3) is 5.32. The van der Waals surface area contributed by atoms with Gasteiger partial charge in [-0.15, -0.1) is 0 Å². The van der Waals surface area contributed by atoms with Crippen LogP contribution in [0.1, 0.15) is 76.6 Å². The number of rotatable bonds is 6. The molecule has 164 valence electrons. The second-order valence-electron chi connectivity index (χ2n) is 9.14. The maximum absolute atomic E-state index is 12.8. The summed E-state index contributed by atoms with van der Waals surface area (Å²) in [5.41, 5.74) is -0.299. The van der Waals surface area contributed by atoms with Gasteiger partial charge in [0.2, 0.25) is 0 Å². The van der Waals surface area contributed by atoms with Crippen LogP contribution < -0.4 is 15.4 Å². The summed E-state index contributed by atoms with van der Waals surface area (Å²) in [5.74, 6) is -0.435. The van der Waals surface area contributed by atoms with Crippen molar-refractivity contribution in [1.29, 1.82) is 0 Å². The first-order valence-electron chi connectivity index (χ1n) is 10.8. The molecule has 1 aliphatic heterocycles. The first-order valence-corrected chi connectivity index (χ1v) is 10.8. The highest BCUT2D eigenvalue weighted by Gasteiger charge is 2.36. The van der Waals surface area contributed by atoms with Gasteiger partial charge >= 0.3 is 5.97 Å². The van der Waals surface area contributed by atoms with Gasteiger partial charge in [0, 0.05) is 6.04 Å². The monoisotopic (exact) mass is 416 g/mol. The SMILES string of the molecule is CC(C)CC(OC(=O)c1ccc2c(c1)NC(=O)C(C)(C)O2)C(=O)NC1CCCCC1. The van der Waals surface area contributed by atoms with Crippen LogP contribution in [0.2, 0.25) is 0 Å². The van der Waals surface area contributed by atoms with Gasteiger partial charge in [0.15, 0.2) is 11.7 Å². The first-order chi connectivity index (χ1) is 14.2. The number of hydrogen-bond acceptors (Lipinski definition) is 5. The highest BCUT2D eigenvalue weighted by Crippen LogP contribution is 2.34. The molecular formula is C23H32N2O5. The fourth-order valence-corrected chi connectivity index (χ4v) is 3.81. The van der Waals surface area contributed by atoms with E-state index in [1.54, 1.807) is 26.0 Å². The van der Waals surface area contributed by atoms with Crippen molar-refractivity contribution in [2.75, 3.05) is 5.32 Å². The van der Waals surface area contributed by atoms with Crippen molar-refractivity contribution in [3.8, 4) is 5.75 Å². The molecule has 0 spiro atoms. The Morgan fingerprint density at radius 3 is 2.60 bits per heavy atom. The summed E-state index contributed by atoms with van der Waals surface area (Å²) in [5, 5.41) is 5.81. The Kier molecular flexibility index (Phi) is 6.68. The highest BCUT2D eigenvalue weighted by molar-refractivity contribution is 6.02. The van der Waals surface area contributed by atoms with Crippen molar-refractivity contribution in [3.05, 3.63) is 23.8 Å². The molecule has 3 rings (SSSR count). The number of nitrogens with one attached hydrogen (secondary N) is 2. The minimum absolute atomic E-state index is 0.152. The van der Waals surface area contributed by atoms with Gasteiger partial charge in [-0.25, -0.2) is 4.79 Å². The van der Waals surface area contributed by atoms with Crippen molar-refractivity contribution in [3.63, 3.8) is 0 Å². The maximum atomic E-state index is 12.8. The summed E-state index contributed by atoms with van der Waals surface area (Å²) >= 11 is 0. The van der Waals surface area contributed by atoms with E-state index in [1.807, 2.05) is 13.8 Å². The van der Waals surface area contributed by atoms with Gasteiger partial charge in [-0.1, -0.05) is 33.1 Å². The van der Waals surface area contributed by atoms with Gasteiger partial charge in [0.1, 0.15) is 5.75 Å². The number of fused-ring (bicyclic) bond motifs is 1. The van der Waals surface area contributed by atoms with Crippen molar-refractivity contribution in [2.24, 2.45) is 5.92 Å². The molecule has 1 aromatic rings. The standard InChI is InChI=1S/C23H32N2O5/c1-14(2)12-19(20(26)24-16-8-6-5-7-9-16)29-21(27)15-10-11-18-17(13-15)25-22(28)23(3,4)30-18/h10-11,13-14,16,19H,5-9,12H2,1-4H3,(H,24,26)(H,25,28). The zero-order chi connectivity index (χ0) is 21.9. The minimum atomic E-state index is -0.978. The van der Waals surface area contributed by atoms with Crippen LogP contribution in [-0.4, -0.2) is 35.5 Å². The predicted molar refractivity (Wildman–Crippen MR) is 113 cm³/mol. The summed E-state index contributed by atoms with van der Waals surface area (Å²) in [6.07, 6.45) is 4.96. The zero-order valence-electron chi connectivity index (χ0n) is 18.2. The highest BCUT2D eigenvalue weighted by atomic mass is 16.5. The van der Waals surface area contributed by atoms with Crippen molar-refractivity contribution in [2.45, 2.75) is 84.0 Å². The number of ether oxygens (including phenoxy) is 2. The number of esters is 1. The molecule has 7 heteroatoms. The summed E-state index contributed by atoms with van der Waals surface area (Å²) in [7, 11) is 0. The van der Waals surface area contributed by atoms with E-state index in [2.05, 4.69) is 10.6 Å². The molecule has 1 atom stereocenters. The van der Waals surface area contributed by atoms with Gasteiger partial charge in [-0.2, -0.15) is 0 Å². The Morgan fingerprint density at radius 2 is 1.93 bits per heavy atom. The molecule has 1 aromatic carbocycles. The molecule has 0 bridgehead atoms. The van der Waals surface area contributed by atoms with Crippen LogP contribution in [0, 0.1) is 5.92 Å². The Balaban J connectivity index is 1.70. The lowest BCUT2D eigenvalue weighted by molar-refractivity contribution is -0.131. The molecule has 1 heterocycles. The molecule has 1 unspecified atom stereocenters. The van der Waals surface area contributed by atoms with Crippen LogP contribution in [0.3, 0.4) is 0 Å². The number of benzene rings is 1. The van der Waals surface area contributed by atoms with Crippen LogP contribution in [0.15, 0.2) is 18.2 Å². The topological polar surface area (TPSA) is 93.7 Å². The van der Waals surface area contributed by atoms with Gasteiger partial charge < -0.3 is 20.1 Å². The van der Waals surface area contributed by atoms with E-state index in [1.165, 1.54) is 12.5 Å². The minimum Gasteiger partial charge on any atom is -0.476 e. The van der Waals surface area contributed by atoms with Crippen molar-refractivity contribution >= 4 is 23.5 Å². The van der Waals surface area contributed by atoms with E-state index in [0.717, 1.165) is 25.7 Å². The molecule has 0 radical (unpaired) electrons. The quantitative estimate of drug-likeness (QED) is 0.688. The Bertz CT molecular complexity index is 812. The Labute approximate surface area is 177 Å². The summed E-state index contributed by atoms with van der Waals surface area (Å²) in [6.45, 7) is 7.33. The molecule has 30 heavy (non-hydrogen) atoms. The lowest BCUT2D eigenvalue weighted by atomic mass is 9.95. The van der Waals surface area contributed by atoms with Gasteiger partial charge in [0.05, 0.1) is 11.3 Å². The van der Waals surface area contributed by atoms with Crippen molar-refractivity contribution < 1.29 is 23.9 Å². The van der Waals surface area contributed by atoms with Gasteiger partial charge in [-0.05, 0) is 57.2 Å². The smallest absolute Gasteiger partial charge is 0.338 e. The molecule has 1 fully saturated rings. The number of carbonyl (C=O) groups excluding carboxylic acids is 3. The second kappa shape index (κ2) is 9.06. The van der Waals surface area contributed by atoms with Gasteiger partial charge in [-0.3, -0.25) is 9.59 Å². The average Bonchev–Trinajstić information content (AvgIpc) is 2.68. The van der Waals surface area contributed by atoms with Crippen LogP contribution in [-0.2, 0) is 14.3 Å². The normalized spacial score (nSPS) is 19.3. The summed E-state index contributed by atoms with van der Waals surface area (Å²) in [6, 6.07) is 4.89. The third-order valence-electron chi connectivity index (χ3n) is 5.55. The van der Waals surface area contributed by atoms with Crippen molar-refractivity contribution in [1.82, 2.24) is 5.32 Å². The largest absolute Gasteiger partial charge is 0.476 e. The molecule has 1 saturated carbocycles. The molecule has 0 aromatic heterocycles. The van der Waals surface area contributed by atoms with Crippen LogP contribution in [0.4, 0.5) is 5.69 Å². The molecule has 2 aliphatic rings. The molecule has 0 saturated heterocycles. The number of carbonyl (C=O) groups is 3. The lowest BCUT2D eigenvalue weighted by Gasteiger charge is -2.31. The van der Waals surface area contributed by atoms with Crippen LogP contribution in [0.5, 0.6) is 5.75 Å². The van der Waals surface area contributed by atoms with E-state index in [4.69, 9.17) is 9.47 Å². The van der Waals surface area contributed by atoms with Crippen LogP contribution >= 0.6 is 0 Å². The van der Waals surface area contributed by atoms with Crippen LogP contribution in [0.25, 0.3) is 0 Å². The number of anilines is 1. The van der Waals surface area contributed by atoms with E-state index < -0.39 is 17.7 Å². The molecule has 2 N–H and O–H groups in total. The zero-order valence-corrected chi connectivity index (χ0v) is 18.2. The molecular weight excluding hydrogens is 384 g/mol. The van der Waals surface area contributed by atoms with E-state index >= 15 is 0 Å². The average molecular weight is 417 g/mol. The predicted octanol–water partition coefficient (Wildman–Crippen LogP) is 3.82. The molecule has 1 aliphatic carbocycles. The number of amides is 2. The second-order valence-corrected chi connectivity index (χ2v) is 9.14. The third-order valence-corrected chi connectivity index (χ3v) is 5.55. The Morgan fingerprint density at radius 1 is 1.23 bits per heavy atom. The molecule has 2 amide bonds. The van der Waals surface area contributed by atoms with E-state index in [-0.39, 0.29) is 29.3 Å². The summed E-state index contributed by atoms with van der Waals surface area (Å²) in [4.78, 5) is 37.7. The summed E-state index contributed by atoms with van der Waals surface area (Å²) < 4.78 is 11.3. The first kappa shape index (κ1) is 22.1. The maximum Gasteiger partial charge on any atom is 0.338 e. The number of hydrogen-bond donors (Lipinski definition) is 2. The lowest BCUT2D eigenvalue weighted by Crippen LogP contribution is -2.45.